The predicted octanol–water partition coefficient (Wildman–Crippen LogP) is 5.65. The second-order valence-corrected chi connectivity index (χ2v) is 5.81. The summed E-state index contributed by atoms with van der Waals surface area (Å²) in [6, 6.07) is 0. The third-order valence-electron chi connectivity index (χ3n) is 3.59. The monoisotopic (exact) mass is 275 g/mol. The summed E-state index contributed by atoms with van der Waals surface area (Å²) < 4.78 is 0. The van der Waals surface area contributed by atoms with E-state index >= 15 is 0 Å². The van der Waals surface area contributed by atoms with Gasteiger partial charge in [0.25, 0.3) is 0 Å². The molecule has 0 aromatic rings. The summed E-state index contributed by atoms with van der Waals surface area (Å²) in [4.78, 5) is 0. The van der Waals surface area contributed by atoms with Crippen molar-refractivity contribution in [1.82, 2.24) is 0 Å². The lowest BCUT2D eigenvalue weighted by atomic mass is 10.0. The highest BCUT2D eigenvalue weighted by atomic mass is 35.5. The van der Waals surface area contributed by atoms with Crippen LogP contribution in [0.3, 0.4) is 0 Å². The summed E-state index contributed by atoms with van der Waals surface area (Å²) in [6.45, 7) is 0.866. The molecule has 0 saturated heterocycles. The highest BCUT2D eigenvalue weighted by molar-refractivity contribution is 6.17. The van der Waals surface area contributed by atoms with Gasteiger partial charge in [-0.1, -0.05) is 77.0 Å². The summed E-state index contributed by atoms with van der Waals surface area (Å²) >= 11 is 5.65. The molecule has 0 aliphatic rings. The van der Waals surface area contributed by atoms with Gasteiger partial charge >= 0.3 is 0 Å². The van der Waals surface area contributed by atoms with Crippen LogP contribution in [0, 0.1) is 0 Å². The van der Waals surface area contributed by atoms with Gasteiger partial charge in [0.1, 0.15) is 0 Å². The Kier molecular flexibility index (Phi) is 17.5. The van der Waals surface area contributed by atoms with Crippen LogP contribution in [-0.4, -0.2) is 12.4 Å². The van der Waals surface area contributed by atoms with E-state index in [-0.39, 0.29) is 0 Å². The molecule has 18 heavy (non-hydrogen) atoms. The first-order valence-corrected chi connectivity index (χ1v) is 8.71. The van der Waals surface area contributed by atoms with Gasteiger partial charge in [-0.05, 0) is 19.4 Å². The Hall–Kier alpha value is 0.250. The molecule has 2 N–H and O–H groups in total. The van der Waals surface area contributed by atoms with E-state index in [1.54, 1.807) is 0 Å². The van der Waals surface area contributed by atoms with Crippen LogP contribution < -0.4 is 5.73 Å². The van der Waals surface area contributed by atoms with Crippen molar-refractivity contribution in [3.8, 4) is 0 Å². The van der Waals surface area contributed by atoms with Gasteiger partial charge in [0.15, 0.2) is 0 Å². The second kappa shape index (κ2) is 17.2. The van der Waals surface area contributed by atoms with Crippen LogP contribution in [0.4, 0.5) is 0 Å². The lowest BCUT2D eigenvalue weighted by Gasteiger charge is -2.02. The first-order chi connectivity index (χ1) is 8.91. The number of halogens is 1. The van der Waals surface area contributed by atoms with E-state index < -0.39 is 0 Å². The van der Waals surface area contributed by atoms with Crippen molar-refractivity contribution in [1.29, 1.82) is 0 Å². The van der Waals surface area contributed by atoms with E-state index in [9.17, 15) is 0 Å². The number of alkyl halides is 1. The molecular formula is C16H34ClN. The van der Waals surface area contributed by atoms with Crippen molar-refractivity contribution >= 4 is 11.6 Å². The zero-order valence-electron chi connectivity index (χ0n) is 12.3. The van der Waals surface area contributed by atoms with E-state index in [1.165, 1.54) is 89.9 Å². The minimum Gasteiger partial charge on any atom is -0.330 e. The van der Waals surface area contributed by atoms with Crippen LogP contribution in [-0.2, 0) is 0 Å². The molecule has 0 unspecified atom stereocenters. The quantitative estimate of drug-likeness (QED) is 0.303. The molecule has 110 valence electrons. The molecule has 0 radical (unpaired) electrons. The number of nitrogens with two attached hydrogens (primary N) is 1. The van der Waals surface area contributed by atoms with E-state index in [0.717, 1.165) is 12.4 Å². The number of hydrogen-bond acceptors (Lipinski definition) is 1. The Balaban J connectivity index is 2.86. The predicted molar refractivity (Wildman–Crippen MR) is 84.4 cm³/mol. The molecule has 0 aliphatic carbocycles. The zero-order valence-corrected chi connectivity index (χ0v) is 13.0. The lowest BCUT2D eigenvalue weighted by Crippen LogP contribution is -1.97. The highest BCUT2D eigenvalue weighted by Gasteiger charge is 1.93. The largest absolute Gasteiger partial charge is 0.330 e. The number of rotatable bonds is 15. The first-order valence-electron chi connectivity index (χ1n) is 8.18. The molecular weight excluding hydrogens is 242 g/mol. The Labute approximate surface area is 120 Å². The fraction of sp³-hybridized carbons (Fsp3) is 1.00. The van der Waals surface area contributed by atoms with Gasteiger partial charge in [-0.2, -0.15) is 0 Å². The van der Waals surface area contributed by atoms with Crippen molar-refractivity contribution in [2.75, 3.05) is 12.4 Å². The van der Waals surface area contributed by atoms with Gasteiger partial charge < -0.3 is 5.73 Å². The molecule has 0 amide bonds. The van der Waals surface area contributed by atoms with Gasteiger partial charge in [0, 0.05) is 5.88 Å². The third kappa shape index (κ3) is 16.2. The summed E-state index contributed by atoms with van der Waals surface area (Å²) in [5.41, 5.74) is 5.47. The molecule has 0 aliphatic heterocycles. The smallest absolute Gasteiger partial charge is 0.0223 e. The minimum atomic E-state index is 0.839. The van der Waals surface area contributed by atoms with Gasteiger partial charge in [0.2, 0.25) is 0 Å². The molecule has 0 saturated carbocycles. The van der Waals surface area contributed by atoms with Crippen molar-refractivity contribution in [2.24, 2.45) is 5.73 Å². The Morgan fingerprint density at radius 3 is 1.00 bits per heavy atom. The molecule has 0 fully saturated rings. The van der Waals surface area contributed by atoms with Crippen LogP contribution in [0.25, 0.3) is 0 Å². The minimum absolute atomic E-state index is 0.839. The fourth-order valence-electron chi connectivity index (χ4n) is 2.36. The maximum absolute atomic E-state index is 5.65. The summed E-state index contributed by atoms with van der Waals surface area (Å²) in [5.74, 6) is 0.839. The van der Waals surface area contributed by atoms with Crippen LogP contribution in [0.5, 0.6) is 0 Å². The topological polar surface area (TPSA) is 26.0 Å². The number of hydrogen-bond donors (Lipinski definition) is 1. The molecule has 0 aromatic carbocycles. The molecule has 0 heterocycles. The van der Waals surface area contributed by atoms with Gasteiger partial charge in [0.05, 0.1) is 0 Å². The van der Waals surface area contributed by atoms with Crippen LogP contribution in [0.2, 0.25) is 0 Å². The summed E-state index contributed by atoms with van der Waals surface area (Å²) in [6.07, 6.45) is 19.3. The van der Waals surface area contributed by atoms with Gasteiger partial charge in [-0.3, -0.25) is 0 Å². The van der Waals surface area contributed by atoms with Crippen LogP contribution in [0.1, 0.15) is 89.9 Å². The average molecular weight is 276 g/mol. The molecule has 0 rings (SSSR count). The van der Waals surface area contributed by atoms with E-state index in [0.29, 0.717) is 0 Å². The fourth-order valence-corrected chi connectivity index (χ4v) is 2.55. The molecule has 1 nitrogen and oxygen atoms in total. The normalized spacial score (nSPS) is 11.0. The SMILES string of the molecule is NCCCCCCCCCCCCCCCCCl. The van der Waals surface area contributed by atoms with E-state index in [2.05, 4.69) is 0 Å². The van der Waals surface area contributed by atoms with Crippen molar-refractivity contribution in [3.05, 3.63) is 0 Å². The average Bonchev–Trinajstić information content (AvgIpc) is 2.39. The van der Waals surface area contributed by atoms with E-state index in [1.807, 2.05) is 0 Å². The zero-order chi connectivity index (χ0) is 13.3. The van der Waals surface area contributed by atoms with E-state index in [4.69, 9.17) is 17.3 Å². The maximum Gasteiger partial charge on any atom is 0.0223 e. The van der Waals surface area contributed by atoms with Crippen molar-refractivity contribution in [2.45, 2.75) is 89.9 Å². The van der Waals surface area contributed by atoms with Crippen molar-refractivity contribution < 1.29 is 0 Å². The molecule has 0 bridgehead atoms. The lowest BCUT2D eigenvalue weighted by molar-refractivity contribution is 0.536. The standard InChI is InChI=1S/C16H34ClN/c17-15-13-11-9-7-5-3-1-2-4-6-8-10-12-14-16-18/h1-16,18H2. The van der Waals surface area contributed by atoms with Crippen LogP contribution in [0.15, 0.2) is 0 Å². The molecule has 0 spiro atoms. The number of unbranched alkanes of at least 4 members (excludes halogenated alkanes) is 13. The molecule has 0 atom stereocenters. The molecule has 0 aromatic heterocycles. The van der Waals surface area contributed by atoms with Crippen LogP contribution >= 0.6 is 11.6 Å². The Bertz CT molecular complexity index is 123. The van der Waals surface area contributed by atoms with Gasteiger partial charge in [-0.25, -0.2) is 0 Å². The third-order valence-corrected chi connectivity index (χ3v) is 3.86. The molecule has 2 heteroatoms. The summed E-state index contributed by atoms with van der Waals surface area (Å²) in [7, 11) is 0. The maximum atomic E-state index is 5.65. The Morgan fingerprint density at radius 1 is 0.444 bits per heavy atom. The Morgan fingerprint density at radius 2 is 0.722 bits per heavy atom. The first kappa shape index (κ1) is 18.2. The highest BCUT2D eigenvalue weighted by Crippen LogP contribution is 2.12. The van der Waals surface area contributed by atoms with Crippen molar-refractivity contribution in [3.63, 3.8) is 0 Å². The second-order valence-electron chi connectivity index (χ2n) is 5.43. The van der Waals surface area contributed by atoms with Gasteiger partial charge in [-0.15, -0.1) is 11.6 Å². The summed E-state index contributed by atoms with van der Waals surface area (Å²) in [5, 5.41) is 0.